The van der Waals surface area contributed by atoms with Crippen molar-refractivity contribution in [1.82, 2.24) is 0 Å². The van der Waals surface area contributed by atoms with Crippen LogP contribution in [0.1, 0.15) is 21.5 Å². The van der Waals surface area contributed by atoms with Gasteiger partial charge in [-0.05, 0) is 23.8 Å². The fourth-order valence-corrected chi connectivity index (χ4v) is 2.84. The molecule has 1 N–H and O–H groups in total. The summed E-state index contributed by atoms with van der Waals surface area (Å²) in [5.74, 6) is 0.275. The summed E-state index contributed by atoms with van der Waals surface area (Å²) in [5.41, 5.74) is 3.11. The largest absolute Gasteiger partial charge is 0.421 e. The van der Waals surface area contributed by atoms with Crippen LogP contribution in [0.4, 0.5) is 5.69 Å². The van der Waals surface area contributed by atoms with Crippen molar-refractivity contribution in [3.8, 4) is 11.3 Å². The molecule has 0 saturated carbocycles. The molecule has 0 spiro atoms. The first-order valence-electron chi connectivity index (χ1n) is 7.34. The molecule has 4 nitrogen and oxygen atoms in total. The molecule has 0 unspecified atom stereocenters. The van der Waals surface area contributed by atoms with Crippen LogP contribution in [0.25, 0.3) is 11.3 Å². The average Bonchev–Trinajstić information content (AvgIpc) is 2.93. The highest BCUT2D eigenvalue weighted by molar-refractivity contribution is 6.04. The number of nitrogens with one attached hydrogen (secondary N) is 1. The second-order valence-corrected chi connectivity index (χ2v) is 5.46. The van der Waals surface area contributed by atoms with Gasteiger partial charge in [0, 0.05) is 23.1 Å². The van der Waals surface area contributed by atoms with Crippen LogP contribution in [-0.2, 0) is 6.42 Å². The smallest absolute Gasteiger partial charge is 0.360 e. The highest BCUT2D eigenvalue weighted by Crippen LogP contribution is 2.36. The SMILES string of the molecule is O=C(Nc1cc2c(oc1=O)-c1ccccc1C2)c1ccccc1. The molecule has 1 aromatic heterocycles. The fraction of sp³-hybridized carbons (Fsp3) is 0.0526. The molecular formula is C19H13NO3. The second kappa shape index (κ2) is 5.25. The first-order valence-corrected chi connectivity index (χ1v) is 7.34. The van der Waals surface area contributed by atoms with Crippen molar-refractivity contribution in [2.45, 2.75) is 6.42 Å². The van der Waals surface area contributed by atoms with Crippen LogP contribution in [0.2, 0.25) is 0 Å². The summed E-state index contributed by atoms with van der Waals surface area (Å²) in [6, 6.07) is 18.3. The van der Waals surface area contributed by atoms with Crippen LogP contribution < -0.4 is 10.9 Å². The van der Waals surface area contributed by atoms with Gasteiger partial charge in [0.05, 0.1) is 0 Å². The quantitative estimate of drug-likeness (QED) is 0.617. The molecule has 0 saturated heterocycles. The summed E-state index contributed by atoms with van der Waals surface area (Å²) >= 11 is 0. The molecule has 1 aliphatic carbocycles. The third kappa shape index (κ3) is 2.34. The second-order valence-electron chi connectivity index (χ2n) is 5.46. The summed E-state index contributed by atoms with van der Waals surface area (Å²) in [4.78, 5) is 24.4. The lowest BCUT2D eigenvalue weighted by molar-refractivity contribution is 0.102. The highest BCUT2D eigenvalue weighted by atomic mass is 16.4. The first kappa shape index (κ1) is 13.5. The fourth-order valence-electron chi connectivity index (χ4n) is 2.84. The van der Waals surface area contributed by atoms with Gasteiger partial charge in [-0.25, -0.2) is 4.79 Å². The molecule has 4 heteroatoms. The Kier molecular flexibility index (Phi) is 3.08. The Morgan fingerprint density at radius 3 is 2.52 bits per heavy atom. The summed E-state index contributed by atoms with van der Waals surface area (Å²) < 4.78 is 5.44. The molecule has 1 aliphatic rings. The Morgan fingerprint density at radius 1 is 0.957 bits per heavy atom. The monoisotopic (exact) mass is 303 g/mol. The Bertz CT molecular complexity index is 958. The normalized spacial score (nSPS) is 11.7. The zero-order valence-electron chi connectivity index (χ0n) is 12.2. The number of amides is 1. The molecule has 0 aliphatic heterocycles. The van der Waals surface area contributed by atoms with Crippen LogP contribution in [0, 0.1) is 0 Å². The third-order valence-corrected chi connectivity index (χ3v) is 3.95. The van der Waals surface area contributed by atoms with Gasteiger partial charge in [-0.1, -0.05) is 42.5 Å². The van der Waals surface area contributed by atoms with E-state index in [2.05, 4.69) is 5.32 Å². The van der Waals surface area contributed by atoms with Crippen LogP contribution in [0.3, 0.4) is 0 Å². The zero-order chi connectivity index (χ0) is 15.8. The maximum absolute atomic E-state index is 12.2. The Balaban J connectivity index is 1.69. The van der Waals surface area contributed by atoms with Gasteiger partial charge in [-0.3, -0.25) is 4.79 Å². The summed E-state index contributed by atoms with van der Waals surface area (Å²) in [6.45, 7) is 0. The van der Waals surface area contributed by atoms with E-state index in [1.165, 1.54) is 0 Å². The Hall–Kier alpha value is -3.14. The number of rotatable bonds is 2. The summed E-state index contributed by atoms with van der Waals surface area (Å²) in [5, 5.41) is 2.64. The van der Waals surface area contributed by atoms with Crippen LogP contribution in [0.15, 0.2) is 69.9 Å². The number of fused-ring (bicyclic) bond motifs is 3. The van der Waals surface area contributed by atoms with Crippen LogP contribution in [0.5, 0.6) is 0 Å². The average molecular weight is 303 g/mol. The topological polar surface area (TPSA) is 59.3 Å². The lowest BCUT2D eigenvalue weighted by Crippen LogP contribution is -2.18. The number of carbonyl (C=O) groups is 1. The van der Waals surface area contributed by atoms with Crippen molar-refractivity contribution in [3.63, 3.8) is 0 Å². The van der Waals surface area contributed by atoms with Crippen molar-refractivity contribution in [2.24, 2.45) is 0 Å². The van der Waals surface area contributed by atoms with Gasteiger partial charge in [-0.15, -0.1) is 0 Å². The number of anilines is 1. The number of hydrogen-bond acceptors (Lipinski definition) is 3. The van der Waals surface area contributed by atoms with E-state index < -0.39 is 5.63 Å². The van der Waals surface area contributed by atoms with Crippen molar-refractivity contribution >= 4 is 11.6 Å². The molecule has 0 bridgehead atoms. The first-order chi connectivity index (χ1) is 11.2. The zero-order valence-corrected chi connectivity index (χ0v) is 12.2. The van der Waals surface area contributed by atoms with Crippen LogP contribution in [-0.4, -0.2) is 5.91 Å². The van der Waals surface area contributed by atoms with Gasteiger partial charge in [0.15, 0.2) is 0 Å². The molecule has 0 fully saturated rings. The summed E-state index contributed by atoms with van der Waals surface area (Å²) in [6.07, 6.45) is 0.698. The van der Waals surface area contributed by atoms with Gasteiger partial charge < -0.3 is 9.73 Å². The van der Waals surface area contributed by atoms with Crippen molar-refractivity contribution in [3.05, 3.63) is 87.8 Å². The van der Waals surface area contributed by atoms with Gasteiger partial charge in [0.1, 0.15) is 11.4 Å². The van der Waals surface area contributed by atoms with E-state index in [-0.39, 0.29) is 11.6 Å². The van der Waals surface area contributed by atoms with Crippen LogP contribution >= 0.6 is 0 Å². The van der Waals surface area contributed by atoms with E-state index in [1.807, 2.05) is 30.3 Å². The minimum Gasteiger partial charge on any atom is -0.421 e. The standard InChI is InChI=1S/C19H13NO3/c21-18(12-6-2-1-3-7-12)20-16-11-14-10-13-8-4-5-9-15(13)17(14)23-19(16)22/h1-9,11H,10H2,(H,20,21). The minimum atomic E-state index is -0.537. The van der Waals surface area contributed by atoms with Crippen molar-refractivity contribution < 1.29 is 9.21 Å². The molecule has 0 atom stereocenters. The van der Waals surface area contributed by atoms with E-state index in [0.717, 1.165) is 16.7 Å². The Labute approximate surface area is 132 Å². The van der Waals surface area contributed by atoms with E-state index in [4.69, 9.17) is 4.42 Å². The number of carbonyl (C=O) groups excluding carboxylic acids is 1. The minimum absolute atomic E-state index is 0.172. The maximum atomic E-state index is 12.2. The molecule has 3 aromatic rings. The third-order valence-electron chi connectivity index (χ3n) is 3.95. The van der Waals surface area contributed by atoms with E-state index in [9.17, 15) is 9.59 Å². The highest BCUT2D eigenvalue weighted by Gasteiger charge is 2.23. The maximum Gasteiger partial charge on any atom is 0.360 e. The van der Waals surface area contributed by atoms with E-state index >= 15 is 0 Å². The van der Waals surface area contributed by atoms with Gasteiger partial charge in [0.2, 0.25) is 0 Å². The van der Waals surface area contributed by atoms with Gasteiger partial charge in [-0.2, -0.15) is 0 Å². The number of benzene rings is 2. The molecule has 1 heterocycles. The van der Waals surface area contributed by atoms with E-state index in [0.29, 0.717) is 17.7 Å². The van der Waals surface area contributed by atoms with Crippen molar-refractivity contribution in [1.29, 1.82) is 0 Å². The van der Waals surface area contributed by atoms with E-state index in [1.54, 1.807) is 30.3 Å². The molecule has 4 rings (SSSR count). The molecule has 0 radical (unpaired) electrons. The lowest BCUT2D eigenvalue weighted by atomic mass is 10.1. The predicted octanol–water partition coefficient (Wildman–Crippen LogP) is 3.46. The van der Waals surface area contributed by atoms with Gasteiger partial charge in [0.25, 0.3) is 5.91 Å². The molecule has 112 valence electrons. The summed E-state index contributed by atoms with van der Waals surface area (Å²) in [7, 11) is 0. The molecular weight excluding hydrogens is 290 g/mol. The van der Waals surface area contributed by atoms with Crippen molar-refractivity contribution in [2.75, 3.05) is 5.32 Å². The predicted molar refractivity (Wildman–Crippen MR) is 87.6 cm³/mol. The molecule has 2 aromatic carbocycles. The molecule has 23 heavy (non-hydrogen) atoms. The Morgan fingerprint density at radius 2 is 1.70 bits per heavy atom. The number of hydrogen-bond donors (Lipinski definition) is 1. The van der Waals surface area contributed by atoms with Gasteiger partial charge >= 0.3 is 5.63 Å². The lowest BCUT2D eigenvalue weighted by Gasteiger charge is -2.06. The molecule has 1 amide bonds.